The third-order valence-corrected chi connectivity index (χ3v) is 3.00. The van der Waals surface area contributed by atoms with Gasteiger partial charge in [-0.2, -0.15) is 0 Å². The molecule has 3 nitrogen and oxygen atoms in total. The van der Waals surface area contributed by atoms with Crippen molar-refractivity contribution >= 4 is 5.97 Å². The second kappa shape index (κ2) is 7.17. The van der Waals surface area contributed by atoms with Gasteiger partial charge in [0.2, 0.25) is 0 Å². The van der Waals surface area contributed by atoms with Crippen molar-refractivity contribution < 1.29 is 14.3 Å². The van der Waals surface area contributed by atoms with Crippen LogP contribution in [0.15, 0.2) is 24.3 Å². The first kappa shape index (κ1) is 14.7. The molecule has 0 amide bonds. The molecule has 0 aromatic heterocycles. The smallest absolute Gasteiger partial charge is 0.340 e. The summed E-state index contributed by atoms with van der Waals surface area (Å²) in [5.74, 6) is 0.170. The first-order chi connectivity index (χ1) is 8.58. The van der Waals surface area contributed by atoms with Gasteiger partial charge in [-0.3, -0.25) is 0 Å². The molecule has 2 unspecified atom stereocenters. The minimum Gasteiger partial charge on any atom is -0.432 e. The van der Waals surface area contributed by atoms with Crippen LogP contribution < -0.4 is 0 Å². The van der Waals surface area contributed by atoms with Gasteiger partial charge in [-0.05, 0) is 43.9 Å². The fraction of sp³-hybridized carbons (Fsp3) is 0.533. The highest BCUT2D eigenvalue weighted by atomic mass is 16.7. The zero-order valence-corrected chi connectivity index (χ0v) is 11.6. The quantitative estimate of drug-likeness (QED) is 0.570. The Labute approximate surface area is 109 Å². The summed E-state index contributed by atoms with van der Waals surface area (Å²) in [6.07, 6.45) is 0.585. The van der Waals surface area contributed by atoms with Crippen LogP contribution in [0, 0.1) is 0 Å². The number of benzene rings is 1. The molecule has 0 heterocycles. The summed E-state index contributed by atoms with van der Waals surface area (Å²) in [6.45, 7) is 8.43. The van der Waals surface area contributed by atoms with Crippen molar-refractivity contribution in [3.8, 4) is 0 Å². The number of hydrogen-bond donors (Lipinski definition) is 0. The molecule has 0 spiro atoms. The van der Waals surface area contributed by atoms with Gasteiger partial charge >= 0.3 is 5.97 Å². The Balaban J connectivity index is 2.64. The van der Waals surface area contributed by atoms with Crippen molar-refractivity contribution in [1.82, 2.24) is 0 Å². The van der Waals surface area contributed by atoms with Gasteiger partial charge < -0.3 is 9.47 Å². The highest BCUT2D eigenvalue weighted by Crippen LogP contribution is 2.19. The Morgan fingerprint density at radius 1 is 1.17 bits per heavy atom. The number of carbonyl (C=O) groups is 1. The maximum atomic E-state index is 11.8. The van der Waals surface area contributed by atoms with Gasteiger partial charge in [0.05, 0.1) is 5.56 Å². The summed E-state index contributed by atoms with van der Waals surface area (Å²) in [5.41, 5.74) is 1.81. The molecular weight excluding hydrogens is 228 g/mol. The van der Waals surface area contributed by atoms with E-state index in [9.17, 15) is 4.79 Å². The van der Waals surface area contributed by atoms with E-state index < -0.39 is 6.29 Å². The molecule has 18 heavy (non-hydrogen) atoms. The van der Waals surface area contributed by atoms with E-state index in [1.54, 1.807) is 6.92 Å². The Morgan fingerprint density at radius 3 is 2.28 bits per heavy atom. The lowest BCUT2D eigenvalue weighted by Gasteiger charge is -2.13. The molecule has 1 rings (SSSR count). The lowest BCUT2D eigenvalue weighted by Crippen LogP contribution is -2.18. The molecule has 3 heteroatoms. The first-order valence-electron chi connectivity index (χ1n) is 6.51. The third-order valence-electron chi connectivity index (χ3n) is 3.00. The van der Waals surface area contributed by atoms with Crippen LogP contribution in [-0.4, -0.2) is 18.9 Å². The van der Waals surface area contributed by atoms with Crippen LogP contribution in [0.2, 0.25) is 0 Å². The second-order valence-corrected chi connectivity index (χ2v) is 4.36. The van der Waals surface area contributed by atoms with Crippen LogP contribution in [0.5, 0.6) is 0 Å². The van der Waals surface area contributed by atoms with E-state index in [4.69, 9.17) is 9.47 Å². The fourth-order valence-electron chi connectivity index (χ4n) is 1.67. The Bertz CT molecular complexity index is 370. The van der Waals surface area contributed by atoms with Gasteiger partial charge in [0, 0.05) is 6.61 Å². The summed E-state index contributed by atoms with van der Waals surface area (Å²) in [7, 11) is 0. The largest absolute Gasteiger partial charge is 0.432 e. The Morgan fingerprint density at radius 2 is 1.78 bits per heavy atom. The lowest BCUT2D eigenvalue weighted by molar-refractivity contribution is -0.0940. The van der Waals surface area contributed by atoms with Gasteiger partial charge in [-0.1, -0.05) is 26.0 Å². The molecule has 2 atom stereocenters. The van der Waals surface area contributed by atoms with Crippen molar-refractivity contribution in [2.24, 2.45) is 0 Å². The SMILES string of the molecule is CCOC(C)OC(=O)c1ccc(C(C)CC)cc1. The average molecular weight is 250 g/mol. The number of ether oxygens (including phenoxy) is 2. The number of rotatable bonds is 6. The second-order valence-electron chi connectivity index (χ2n) is 4.36. The molecule has 1 aromatic rings. The van der Waals surface area contributed by atoms with Crippen molar-refractivity contribution in [2.45, 2.75) is 46.3 Å². The van der Waals surface area contributed by atoms with E-state index in [0.717, 1.165) is 6.42 Å². The highest BCUT2D eigenvalue weighted by molar-refractivity contribution is 5.89. The summed E-state index contributed by atoms with van der Waals surface area (Å²) < 4.78 is 10.3. The van der Waals surface area contributed by atoms with Crippen LogP contribution >= 0.6 is 0 Å². The Hall–Kier alpha value is -1.35. The summed E-state index contributed by atoms with van der Waals surface area (Å²) in [4.78, 5) is 11.8. The van der Waals surface area contributed by atoms with Gasteiger partial charge in [-0.15, -0.1) is 0 Å². The van der Waals surface area contributed by atoms with E-state index in [1.807, 2.05) is 31.2 Å². The predicted molar refractivity (Wildman–Crippen MR) is 71.7 cm³/mol. The minimum absolute atomic E-state index is 0.341. The van der Waals surface area contributed by atoms with Crippen molar-refractivity contribution in [3.63, 3.8) is 0 Å². The van der Waals surface area contributed by atoms with E-state index in [1.165, 1.54) is 5.56 Å². The van der Waals surface area contributed by atoms with Crippen LogP contribution in [0.4, 0.5) is 0 Å². The summed E-state index contributed by atoms with van der Waals surface area (Å²) in [6, 6.07) is 7.58. The zero-order chi connectivity index (χ0) is 13.5. The predicted octanol–water partition coefficient (Wildman–Crippen LogP) is 3.74. The van der Waals surface area contributed by atoms with E-state index in [2.05, 4.69) is 13.8 Å². The molecule has 0 saturated carbocycles. The molecular formula is C15H22O3. The molecule has 100 valence electrons. The monoisotopic (exact) mass is 250 g/mol. The first-order valence-corrected chi connectivity index (χ1v) is 6.51. The van der Waals surface area contributed by atoms with Gasteiger partial charge in [0.1, 0.15) is 0 Å². The van der Waals surface area contributed by atoms with Crippen LogP contribution in [0.3, 0.4) is 0 Å². The zero-order valence-electron chi connectivity index (χ0n) is 11.6. The molecule has 1 aromatic carbocycles. The van der Waals surface area contributed by atoms with Crippen molar-refractivity contribution in [1.29, 1.82) is 0 Å². The molecule has 0 saturated heterocycles. The van der Waals surface area contributed by atoms with Gasteiger partial charge in [-0.25, -0.2) is 4.79 Å². The summed E-state index contributed by atoms with van der Waals surface area (Å²) >= 11 is 0. The van der Waals surface area contributed by atoms with E-state index in [-0.39, 0.29) is 5.97 Å². The molecule has 0 N–H and O–H groups in total. The molecule has 0 bridgehead atoms. The van der Waals surface area contributed by atoms with Crippen molar-refractivity contribution in [3.05, 3.63) is 35.4 Å². The van der Waals surface area contributed by atoms with E-state index in [0.29, 0.717) is 18.1 Å². The maximum Gasteiger partial charge on any atom is 0.340 e. The highest BCUT2D eigenvalue weighted by Gasteiger charge is 2.12. The van der Waals surface area contributed by atoms with Crippen LogP contribution in [0.1, 0.15) is 56.0 Å². The minimum atomic E-state index is -0.503. The molecule has 0 aliphatic carbocycles. The summed E-state index contributed by atoms with van der Waals surface area (Å²) in [5, 5.41) is 0. The molecule has 0 aliphatic rings. The van der Waals surface area contributed by atoms with Crippen LogP contribution in [0.25, 0.3) is 0 Å². The number of carbonyl (C=O) groups excluding carboxylic acids is 1. The molecule has 0 aliphatic heterocycles. The normalized spacial score (nSPS) is 14.0. The third kappa shape index (κ3) is 4.15. The fourth-order valence-corrected chi connectivity index (χ4v) is 1.67. The van der Waals surface area contributed by atoms with E-state index >= 15 is 0 Å². The van der Waals surface area contributed by atoms with Crippen LogP contribution in [-0.2, 0) is 9.47 Å². The number of hydrogen-bond acceptors (Lipinski definition) is 3. The molecule has 0 radical (unpaired) electrons. The Kier molecular flexibility index (Phi) is 5.86. The number of esters is 1. The standard InChI is InChI=1S/C15H22O3/c1-5-11(3)13-7-9-14(10-8-13)15(16)18-12(4)17-6-2/h7-12H,5-6H2,1-4H3. The maximum absolute atomic E-state index is 11.8. The molecule has 0 fully saturated rings. The van der Waals surface area contributed by atoms with Crippen molar-refractivity contribution in [2.75, 3.05) is 6.61 Å². The topological polar surface area (TPSA) is 35.5 Å². The van der Waals surface area contributed by atoms with Gasteiger partial charge in [0.15, 0.2) is 6.29 Å². The lowest BCUT2D eigenvalue weighted by atomic mass is 9.98. The van der Waals surface area contributed by atoms with Gasteiger partial charge in [0.25, 0.3) is 0 Å². The average Bonchev–Trinajstić information content (AvgIpc) is 2.38.